The van der Waals surface area contributed by atoms with Gasteiger partial charge in [-0.15, -0.1) is 0 Å². The number of carbonyl (C=O) groups excluding carboxylic acids is 1. The van der Waals surface area contributed by atoms with Crippen molar-refractivity contribution in [3.05, 3.63) is 33.8 Å². The van der Waals surface area contributed by atoms with Crippen molar-refractivity contribution in [2.45, 2.75) is 19.0 Å². The van der Waals surface area contributed by atoms with E-state index in [0.717, 1.165) is 25.0 Å². The molecule has 2 rings (SSSR count). The summed E-state index contributed by atoms with van der Waals surface area (Å²) in [6, 6.07) is 3.16. The van der Waals surface area contributed by atoms with E-state index in [1.807, 2.05) is 0 Å². The fourth-order valence-corrected chi connectivity index (χ4v) is 1.90. The lowest BCUT2D eigenvalue weighted by Gasteiger charge is -2.09. The van der Waals surface area contributed by atoms with E-state index in [0.29, 0.717) is 4.47 Å². The standard InChI is InChI=1S/C11H8BrF3O/c12-9-4-3-7(11(13,14)15)5-8(9)10(16)6-1-2-6/h3-6H,1-2H2. The van der Waals surface area contributed by atoms with E-state index in [1.54, 1.807) is 0 Å². The minimum atomic E-state index is -4.40. The van der Waals surface area contributed by atoms with E-state index in [9.17, 15) is 18.0 Å². The lowest BCUT2D eigenvalue weighted by atomic mass is 10.0. The first-order chi connectivity index (χ1) is 7.39. The second-order valence-electron chi connectivity index (χ2n) is 3.83. The summed E-state index contributed by atoms with van der Waals surface area (Å²) in [4.78, 5) is 11.7. The fraction of sp³-hybridized carbons (Fsp3) is 0.364. The van der Waals surface area contributed by atoms with E-state index in [-0.39, 0.29) is 17.3 Å². The Bertz CT molecular complexity index is 435. The van der Waals surface area contributed by atoms with Crippen LogP contribution in [-0.4, -0.2) is 5.78 Å². The highest BCUT2D eigenvalue weighted by Gasteiger charge is 2.35. The third-order valence-corrected chi connectivity index (χ3v) is 3.20. The van der Waals surface area contributed by atoms with Crippen LogP contribution in [0.2, 0.25) is 0 Å². The van der Waals surface area contributed by atoms with Gasteiger partial charge in [0.1, 0.15) is 0 Å². The monoisotopic (exact) mass is 292 g/mol. The average Bonchev–Trinajstić information content (AvgIpc) is 2.98. The summed E-state index contributed by atoms with van der Waals surface area (Å²) in [5, 5.41) is 0. The van der Waals surface area contributed by atoms with Crippen LogP contribution >= 0.6 is 15.9 Å². The molecule has 0 atom stereocenters. The van der Waals surface area contributed by atoms with Crippen molar-refractivity contribution in [2.24, 2.45) is 5.92 Å². The van der Waals surface area contributed by atoms with Crippen molar-refractivity contribution in [3.8, 4) is 0 Å². The topological polar surface area (TPSA) is 17.1 Å². The van der Waals surface area contributed by atoms with Crippen LogP contribution in [0.15, 0.2) is 22.7 Å². The molecule has 0 amide bonds. The van der Waals surface area contributed by atoms with Gasteiger partial charge in [-0.25, -0.2) is 0 Å². The number of carbonyl (C=O) groups is 1. The van der Waals surface area contributed by atoms with Gasteiger partial charge in [-0.05, 0) is 31.0 Å². The zero-order chi connectivity index (χ0) is 11.9. The molecule has 0 aromatic heterocycles. The second kappa shape index (κ2) is 3.87. The SMILES string of the molecule is O=C(c1cc(C(F)(F)F)ccc1Br)C1CC1. The molecule has 0 spiro atoms. The van der Waals surface area contributed by atoms with Crippen LogP contribution in [0.3, 0.4) is 0 Å². The summed E-state index contributed by atoms with van der Waals surface area (Å²) in [5.41, 5.74) is -0.642. The van der Waals surface area contributed by atoms with Gasteiger partial charge in [-0.3, -0.25) is 4.79 Å². The molecule has 0 bridgehead atoms. The molecular weight excluding hydrogens is 285 g/mol. The van der Waals surface area contributed by atoms with Crippen LogP contribution in [0.1, 0.15) is 28.8 Å². The van der Waals surface area contributed by atoms with Crippen LogP contribution in [0.5, 0.6) is 0 Å². The number of Topliss-reactive ketones (excluding diaryl/α,β-unsaturated/α-hetero) is 1. The van der Waals surface area contributed by atoms with Gasteiger partial charge in [-0.1, -0.05) is 15.9 Å². The normalized spacial score (nSPS) is 16.2. The number of ketones is 1. The van der Waals surface area contributed by atoms with Crippen molar-refractivity contribution >= 4 is 21.7 Å². The van der Waals surface area contributed by atoms with Gasteiger partial charge in [0.2, 0.25) is 0 Å². The minimum absolute atomic E-state index is 0.0835. The molecule has 1 aliphatic rings. The number of alkyl halides is 3. The molecule has 1 fully saturated rings. The molecule has 1 aliphatic carbocycles. The Morgan fingerprint density at radius 2 is 1.94 bits per heavy atom. The summed E-state index contributed by atoms with van der Waals surface area (Å²) in [5.74, 6) is -0.280. The predicted octanol–water partition coefficient (Wildman–Crippen LogP) is 4.06. The lowest BCUT2D eigenvalue weighted by Crippen LogP contribution is -2.09. The summed E-state index contributed by atoms with van der Waals surface area (Å²) in [7, 11) is 0. The largest absolute Gasteiger partial charge is 0.416 e. The molecule has 5 heteroatoms. The van der Waals surface area contributed by atoms with Gasteiger partial charge in [0.25, 0.3) is 0 Å². The first kappa shape index (κ1) is 11.6. The molecule has 1 aromatic rings. The zero-order valence-electron chi connectivity index (χ0n) is 8.14. The molecule has 0 unspecified atom stereocenters. The molecule has 86 valence electrons. The van der Waals surface area contributed by atoms with Gasteiger partial charge in [-0.2, -0.15) is 13.2 Å². The minimum Gasteiger partial charge on any atom is -0.294 e. The Morgan fingerprint density at radius 1 is 1.31 bits per heavy atom. The van der Waals surface area contributed by atoms with Crippen molar-refractivity contribution in [1.82, 2.24) is 0 Å². The average molecular weight is 293 g/mol. The van der Waals surface area contributed by atoms with Crippen molar-refractivity contribution in [3.63, 3.8) is 0 Å². The van der Waals surface area contributed by atoms with Gasteiger partial charge in [0.05, 0.1) is 5.56 Å². The van der Waals surface area contributed by atoms with Gasteiger partial charge < -0.3 is 0 Å². The number of benzene rings is 1. The molecule has 1 saturated carbocycles. The molecule has 0 heterocycles. The highest BCUT2D eigenvalue weighted by Crippen LogP contribution is 2.37. The maximum atomic E-state index is 12.5. The van der Waals surface area contributed by atoms with Crippen molar-refractivity contribution in [1.29, 1.82) is 0 Å². The molecule has 16 heavy (non-hydrogen) atoms. The summed E-state index contributed by atoms with van der Waals surface area (Å²) >= 11 is 3.11. The predicted molar refractivity (Wildman–Crippen MR) is 56.2 cm³/mol. The van der Waals surface area contributed by atoms with Gasteiger partial charge in [0, 0.05) is 16.0 Å². The first-order valence-electron chi connectivity index (χ1n) is 4.80. The van der Waals surface area contributed by atoms with E-state index in [2.05, 4.69) is 15.9 Å². The molecule has 0 aliphatic heterocycles. The van der Waals surface area contributed by atoms with Gasteiger partial charge >= 0.3 is 6.18 Å². The van der Waals surface area contributed by atoms with Crippen LogP contribution in [0.25, 0.3) is 0 Å². The van der Waals surface area contributed by atoms with Crippen molar-refractivity contribution < 1.29 is 18.0 Å². The molecule has 0 saturated heterocycles. The highest BCUT2D eigenvalue weighted by atomic mass is 79.9. The third kappa shape index (κ3) is 2.29. The van der Waals surface area contributed by atoms with Gasteiger partial charge in [0.15, 0.2) is 5.78 Å². The molecule has 0 radical (unpaired) electrons. The molecule has 1 aromatic carbocycles. The van der Waals surface area contributed by atoms with E-state index < -0.39 is 11.7 Å². The van der Waals surface area contributed by atoms with Crippen LogP contribution in [0, 0.1) is 5.92 Å². The van der Waals surface area contributed by atoms with Crippen LogP contribution < -0.4 is 0 Å². The number of hydrogen-bond acceptors (Lipinski definition) is 1. The fourth-order valence-electron chi connectivity index (χ4n) is 1.46. The number of hydrogen-bond donors (Lipinski definition) is 0. The summed E-state index contributed by atoms with van der Waals surface area (Å²) in [6.07, 6.45) is -2.84. The van der Waals surface area contributed by atoms with E-state index in [4.69, 9.17) is 0 Å². The highest BCUT2D eigenvalue weighted by molar-refractivity contribution is 9.10. The lowest BCUT2D eigenvalue weighted by molar-refractivity contribution is -0.137. The van der Waals surface area contributed by atoms with E-state index in [1.165, 1.54) is 6.07 Å². The molecule has 0 N–H and O–H groups in total. The Balaban J connectivity index is 2.40. The van der Waals surface area contributed by atoms with Crippen LogP contribution in [0.4, 0.5) is 13.2 Å². The Kier molecular flexibility index (Phi) is 2.82. The van der Waals surface area contributed by atoms with Crippen LogP contribution in [-0.2, 0) is 6.18 Å². The summed E-state index contributed by atoms with van der Waals surface area (Å²) < 4.78 is 37.8. The smallest absolute Gasteiger partial charge is 0.294 e. The van der Waals surface area contributed by atoms with E-state index >= 15 is 0 Å². The Hall–Kier alpha value is -0.840. The number of rotatable bonds is 2. The Morgan fingerprint density at radius 3 is 2.44 bits per heavy atom. The van der Waals surface area contributed by atoms with Crippen molar-refractivity contribution in [2.75, 3.05) is 0 Å². The summed E-state index contributed by atoms with van der Waals surface area (Å²) in [6.45, 7) is 0. The first-order valence-corrected chi connectivity index (χ1v) is 5.60. The second-order valence-corrected chi connectivity index (χ2v) is 4.69. The zero-order valence-corrected chi connectivity index (χ0v) is 9.73. The quantitative estimate of drug-likeness (QED) is 0.751. The molecular formula is C11H8BrF3O. The maximum absolute atomic E-state index is 12.5. The number of halogens is 4. The Labute approximate surface area is 98.8 Å². The molecule has 1 nitrogen and oxygen atoms in total. The maximum Gasteiger partial charge on any atom is 0.416 e. The third-order valence-electron chi connectivity index (χ3n) is 2.51.